The lowest BCUT2D eigenvalue weighted by Gasteiger charge is -2.17. The smallest absolute Gasteiger partial charge is 0.0734 e. The predicted molar refractivity (Wildman–Crippen MR) is 72.7 cm³/mol. The molecule has 0 aliphatic carbocycles. The first-order valence-electron chi connectivity index (χ1n) is 6.51. The molecule has 0 bridgehead atoms. The Morgan fingerprint density at radius 2 is 2.22 bits per heavy atom. The zero-order chi connectivity index (χ0) is 12.4. The van der Waals surface area contributed by atoms with Gasteiger partial charge in [-0.25, -0.2) is 0 Å². The Hall–Kier alpha value is -1.45. The minimum Gasteiger partial charge on any atom is -0.380 e. The van der Waals surface area contributed by atoms with Gasteiger partial charge in [0.05, 0.1) is 12.1 Å². The van der Waals surface area contributed by atoms with Crippen LogP contribution in [-0.2, 0) is 4.74 Å². The maximum atomic E-state index is 5.50. The van der Waals surface area contributed by atoms with Gasteiger partial charge in [0.2, 0.25) is 0 Å². The van der Waals surface area contributed by atoms with Crippen LogP contribution in [0.2, 0.25) is 0 Å². The maximum absolute atomic E-state index is 5.50. The minimum absolute atomic E-state index is 0.375. The van der Waals surface area contributed by atoms with Crippen molar-refractivity contribution in [1.29, 1.82) is 0 Å². The van der Waals surface area contributed by atoms with Crippen molar-refractivity contribution in [1.82, 2.24) is 10.3 Å². The third-order valence-electron chi connectivity index (χ3n) is 3.57. The number of rotatable bonds is 1. The Balaban J connectivity index is 2.08. The van der Waals surface area contributed by atoms with Crippen molar-refractivity contribution in [3.8, 4) is 0 Å². The second kappa shape index (κ2) is 5.04. The Morgan fingerprint density at radius 1 is 1.28 bits per heavy atom. The summed E-state index contributed by atoms with van der Waals surface area (Å²) in [6.45, 7) is 4.66. The lowest BCUT2D eigenvalue weighted by atomic mass is 9.98. The van der Waals surface area contributed by atoms with E-state index in [1.165, 1.54) is 16.5 Å². The lowest BCUT2D eigenvalue weighted by Crippen LogP contribution is -2.22. The van der Waals surface area contributed by atoms with Crippen molar-refractivity contribution in [2.24, 2.45) is 0 Å². The summed E-state index contributed by atoms with van der Waals surface area (Å²) in [4.78, 5) is 4.50. The van der Waals surface area contributed by atoms with Crippen LogP contribution in [-0.4, -0.2) is 24.7 Å². The van der Waals surface area contributed by atoms with E-state index in [4.69, 9.17) is 4.74 Å². The Morgan fingerprint density at radius 3 is 3.17 bits per heavy atom. The highest BCUT2D eigenvalue weighted by Crippen LogP contribution is 2.27. The van der Waals surface area contributed by atoms with Crippen LogP contribution in [0.1, 0.15) is 23.6 Å². The maximum Gasteiger partial charge on any atom is 0.0734 e. The molecule has 3 heteroatoms. The van der Waals surface area contributed by atoms with E-state index in [0.29, 0.717) is 6.04 Å². The Labute approximate surface area is 107 Å². The van der Waals surface area contributed by atoms with Gasteiger partial charge in [0, 0.05) is 30.8 Å². The van der Waals surface area contributed by atoms with Gasteiger partial charge in [0.25, 0.3) is 0 Å². The Bertz CT molecular complexity index is 545. The average Bonchev–Trinajstić information content (AvgIpc) is 2.67. The summed E-state index contributed by atoms with van der Waals surface area (Å²) in [5, 5.41) is 4.82. The van der Waals surface area contributed by atoms with Crippen LogP contribution >= 0.6 is 0 Å². The number of pyridine rings is 1. The van der Waals surface area contributed by atoms with E-state index < -0.39 is 0 Å². The van der Waals surface area contributed by atoms with Crippen LogP contribution in [0, 0.1) is 6.92 Å². The molecule has 1 saturated heterocycles. The molecular weight excluding hydrogens is 224 g/mol. The highest BCUT2D eigenvalue weighted by atomic mass is 16.5. The first kappa shape index (κ1) is 11.6. The van der Waals surface area contributed by atoms with Crippen LogP contribution in [0.5, 0.6) is 0 Å². The van der Waals surface area contributed by atoms with E-state index in [1.54, 1.807) is 0 Å². The van der Waals surface area contributed by atoms with Crippen molar-refractivity contribution in [2.75, 3.05) is 19.8 Å². The Kier molecular flexibility index (Phi) is 3.26. The summed E-state index contributed by atoms with van der Waals surface area (Å²) in [6.07, 6.45) is 2.94. The van der Waals surface area contributed by atoms with Crippen LogP contribution < -0.4 is 5.32 Å². The molecule has 3 rings (SSSR count). The molecule has 18 heavy (non-hydrogen) atoms. The highest BCUT2D eigenvalue weighted by Gasteiger charge is 2.16. The van der Waals surface area contributed by atoms with Crippen molar-refractivity contribution >= 4 is 10.9 Å². The number of para-hydroxylation sites is 1. The zero-order valence-corrected chi connectivity index (χ0v) is 10.6. The van der Waals surface area contributed by atoms with Gasteiger partial charge in [-0.05, 0) is 30.5 Å². The predicted octanol–water partition coefficient (Wildman–Crippen LogP) is 2.59. The minimum atomic E-state index is 0.375. The third kappa shape index (κ3) is 2.11. The summed E-state index contributed by atoms with van der Waals surface area (Å²) in [7, 11) is 0. The molecule has 0 amide bonds. The van der Waals surface area contributed by atoms with Gasteiger partial charge >= 0.3 is 0 Å². The normalized spacial score (nSPS) is 20.8. The van der Waals surface area contributed by atoms with Gasteiger partial charge in [-0.2, -0.15) is 0 Å². The van der Waals surface area contributed by atoms with E-state index in [9.17, 15) is 0 Å². The molecule has 2 aromatic rings. The van der Waals surface area contributed by atoms with Crippen LogP contribution in [0.3, 0.4) is 0 Å². The number of fused-ring (bicyclic) bond motifs is 1. The number of hydrogen-bond acceptors (Lipinski definition) is 3. The molecule has 1 aliphatic heterocycles. The van der Waals surface area contributed by atoms with Gasteiger partial charge in [-0.3, -0.25) is 4.98 Å². The quantitative estimate of drug-likeness (QED) is 0.834. The fourth-order valence-electron chi connectivity index (χ4n) is 2.63. The molecule has 1 N–H and O–H groups in total. The largest absolute Gasteiger partial charge is 0.380 e. The van der Waals surface area contributed by atoms with Crippen molar-refractivity contribution in [2.45, 2.75) is 19.4 Å². The molecule has 1 fully saturated rings. The number of nitrogens with zero attached hydrogens (tertiary/aromatic N) is 1. The molecule has 1 atom stereocenters. The van der Waals surface area contributed by atoms with Crippen LogP contribution in [0.25, 0.3) is 10.9 Å². The van der Waals surface area contributed by atoms with E-state index in [2.05, 4.69) is 41.5 Å². The molecule has 1 aromatic heterocycles. The van der Waals surface area contributed by atoms with E-state index in [-0.39, 0.29) is 0 Å². The third-order valence-corrected chi connectivity index (χ3v) is 3.57. The number of aromatic nitrogens is 1. The second-order valence-electron chi connectivity index (χ2n) is 4.78. The number of benzene rings is 1. The van der Waals surface area contributed by atoms with E-state index >= 15 is 0 Å². The molecule has 0 saturated carbocycles. The van der Waals surface area contributed by atoms with Gasteiger partial charge < -0.3 is 10.1 Å². The lowest BCUT2D eigenvalue weighted by molar-refractivity contribution is 0.150. The summed E-state index contributed by atoms with van der Waals surface area (Å²) in [5.74, 6) is 0. The molecule has 2 heterocycles. The van der Waals surface area contributed by atoms with E-state index in [0.717, 1.165) is 31.7 Å². The average molecular weight is 242 g/mol. The van der Waals surface area contributed by atoms with Gasteiger partial charge in [0.15, 0.2) is 0 Å². The number of nitrogens with one attached hydrogen (secondary N) is 1. The standard InChI is InChI=1S/C15H18N2O/c1-11-3-2-4-13-12(5-7-17-15(11)13)14-6-9-18-10-8-16-14/h2-5,7,14,16H,6,8-10H2,1H3. The number of hydrogen-bond donors (Lipinski definition) is 1. The van der Waals surface area contributed by atoms with Crippen LogP contribution in [0.4, 0.5) is 0 Å². The monoisotopic (exact) mass is 242 g/mol. The first-order valence-corrected chi connectivity index (χ1v) is 6.51. The first-order chi connectivity index (χ1) is 8.86. The molecule has 0 spiro atoms. The fraction of sp³-hybridized carbons (Fsp3) is 0.400. The molecule has 1 aliphatic rings. The summed E-state index contributed by atoms with van der Waals surface area (Å²) in [5.41, 5.74) is 3.69. The van der Waals surface area contributed by atoms with Crippen LogP contribution in [0.15, 0.2) is 30.5 Å². The second-order valence-corrected chi connectivity index (χ2v) is 4.78. The van der Waals surface area contributed by atoms with Gasteiger partial charge in [-0.1, -0.05) is 18.2 Å². The zero-order valence-electron chi connectivity index (χ0n) is 10.6. The van der Waals surface area contributed by atoms with Crippen molar-refractivity contribution in [3.63, 3.8) is 0 Å². The molecule has 0 radical (unpaired) electrons. The van der Waals surface area contributed by atoms with E-state index in [1.807, 2.05) is 6.20 Å². The molecule has 1 aromatic carbocycles. The van der Waals surface area contributed by atoms with Crippen molar-refractivity contribution in [3.05, 3.63) is 41.6 Å². The molecular formula is C15H18N2O. The molecule has 94 valence electrons. The number of aryl methyl sites for hydroxylation is 1. The molecule has 1 unspecified atom stereocenters. The topological polar surface area (TPSA) is 34.1 Å². The van der Waals surface area contributed by atoms with Gasteiger partial charge in [0.1, 0.15) is 0 Å². The molecule has 3 nitrogen and oxygen atoms in total. The number of ether oxygens (including phenoxy) is 1. The summed E-state index contributed by atoms with van der Waals surface area (Å²) < 4.78 is 5.50. The SMILES string of the molecule is Cc1cccc2c(C3CCOCCN3)ccnc12. The van der Waals surface area contributed by atoms with Crippen molar-refractivity contribution < 1.29 is 4.74 Å². The highest BCUT2D eigenvalue weighted by molar-refractivity contribution is 5.85. The fourth-order valence-corrected chi connectivity index (χ4v) is 2.63. The van der Waals surface area contributed by atoms with Gasteiger partial charge in [-0.15, -0.1) is 0 Å². The summed E-state index contributed by atoms with van der Waals surface area (Å²) >= 11 is 0. The summed E-state index contributed by atoms with van der Waals surface area (Å²) in [6, 6.07) is 8.89.